The van der Waals surface area contributed by atoms with E-state index in [9.17, 15) is 9.18 Å². The molecule has 1 aromatic heterocycles. The number of carbonyl (C=O) groups is 1. The monoisotopic (exact) mass is 263 g/mol. The van der Waals surface area contributed by atoms with Crippen molar-refractivity contribution in [3.63, 3.8) is 0 Å². The van der Waals surface area contributed by atoms with Gasteiger partial charge in [0.15, 0.2) is 0 Å². The Morgan fingerprint density at radius 2 is 2.21 bits per heavy atom. The van der Waals surface area contributed by atoms with Crippen LogP contribution in [0.3, 0.4) is 0 Å². The zero-order valence-electron chi connectivity index (χ0n) is 10.6. The van der Waals surface area contributed by atoms with E-state index >= 15 is 0 Å². The maximum Gasteiger partial charge on any atom is 0.337 e. The lowest BCUT2D eigenvalue weighted by molar-refractivity contribution is 0.0697. The number of nitrogens with one attached hydrogen (secondary N) is 1. The van der Waals surface area contributed by atoms with Crippen molar-refractivity contribution in [3.8, 4) is 0 Å². The Morgan fingerprint density at radius 3 is 2.84 bits per heavy atom. The van der Waals surface area contributed by atoms with Crippen LogP contribution in [0.1, 0.15) is 23.0 Å². The van der Waals surface area contributed by atoms with Crippen LogP contribution in [-0.4, -0.2) is 20.9 Å². The smallest absolute Gasteiger partial charge is 0.337 e. The number of halogens is 1. The summed E-state index contributed by atoms with van der Waals surface area (Å²) in [6.45, 7) is 1.95. The third-order valence-corrected chi connectivity index (χ3v) is 2.72. The van der Waals surface area contributed by atoms with Crippen LogP contribution >= 0.6 is 0 Å². The van der Waals surface area contributed by atoms with E-state index in [1.54, 1.807) is 17.9 Å². The lowest BCUT2D eigenvalue weighted by atomic mass is 10.1. The molecule has 2 aromatic rings. The molecule has 0 unspecified atom stereocenters. The Labute approximate surface area is 109 Å². The molecule has 19 heavy (non-hydrogen) atoms. The quantitative estimate of drug-likeness (QED) is 0.889. The summed E-state index contributed by atoms with van der Waals surface area (Å²) in [5.41, 5.74) is 1.78. The standard InChI is InChI=1S/C13H14FN3O2/c1-3-10-12(7-17(2)16-10)15-11-5-4-8(14)6-9(11)13(18)19/h4-7,15H,3H2,1-2H3,(H,18,19). The highest BCUT2D eigenvalue weighted by Crippen LogP contribution is 2.24. The van der Waals surface area contributed by atoms with Crippen LogP contribution in [-0.2, 0) is 13.5 Å². The van der Waals surface area contributed by atoms with Gasteiger partial charge in [0, 0.05) is 13.2 Å². The molecule has 0 amide bonds. The molecule has 0 saturated heterocycles. The van der Waals surface area contributed by atoms with Crippen LogP contribution in [0.2, 0.25) is 0 Å². The maximum absolute atomic E-state index is 13.1. The molecule has 6 heteroatoms. The largest absolute Gasteiger partial charge is 0.478 e. The number of carboxylic acid groups (broad SMARTS) is 1. The lowest BCUT2D eigenvalue weighted by Crippen LogP contribution is -2.04. The SMILES string of the molecule is CCc1nn(C)cc1Nc1ccc(F)cc1C(=O)O. The number of anilines is 2. The maximum atomic E-state index is 13.1. The molecular formula is C13H14FN3O2. The first kappa shape index (κ1) is 13.1. The summed E-state index contributed by atoms with van der Waals surface area (Å²) < 4.78 is 14.7. The third-order valence-electron chi connectivity index (χ3n) is 2.72. The van der Waals surface area contributed by atoms with E-state index < -0.39 is 11.8 Å². The first-order chi connectivity index (χ1) is 9.01. The van der Waals surface area contributed by atoms with Gasteiger partial charge in [-0.3, -0.25) is 4.68 Å². The van der Waals surface area contributed by atoms with E-state index in [4.69, 9.17) is 5.11 Å². The minimum absolute atomic E-state index is 0.106. The summed E-state index contributed by atoms with van der Waals surface area (Å²) in [5, 5.41) is 16.3. The molecule has 0 atom stereocenters. The van der Waals surface area contributed by atoms with E-state index in [1.807, 2.05) is 6.92 Å². The molecule has 0 saturated carbocycles. The second kappa shape index (κ2) is 5.09. The number of aromatic nitrogens is 2. The topological polar surface area (TPSA) is 67.2 Å². The second-order valence-electron chi connectivity index (χ2n) is 4.14. The predicted molar refractivity (Wildman–Crippen MR) is 69.2 cm³/mol. The molecule has 5 nitrogen and oxygen atoms in total. The van der Waals surface area contributed by atoms with E-state index in [2.05, 4.69) is 10.4 Å². The van der Waals surface area contributed by atoms with Crippen molar-refractivity contribution in [3.05, 3.63) is 41.5 Å². The molecule has 0 aliphatic carbocycles. The molecule has 0 fully saturated rings. The van der Waals surface area contributed by atoms with Gasteiger partial charge in [0.1, 0.15) is 5.82 Å². The molecule has 2 N–H and O–H groups in total. The van der Waals surface area contributed by atoms with Crippen LogP contribution in [0.5, 0.6) is 0 Å². The fourth-order valence-electron chi connectivity index (χ4n) is 1.85. The molecule has 1 heterocycles. The Balaban J connectivity index is 2.40. The minimum atomic E-state index is -1.18. The Morgan fingerprint density at radius 1 is 1.47 bits per heavy atom. The third kappa shape index (κ3) is 2.73. The van der Waals surface area contributed by atoms with Crippen molar-refractivity contribution in [2.75, 3.05) is 5.32 Å². The number of rotatable bonds is 4. The van der Waals surface area contributed by atoms with Gasteiger partial charge in [-0.15, -0.1) is 0 Å². The summed E-state index contributed by atoms with van der Waals surface area (Å²) in [6.07, 6.45) is 2.47. The second-order valence-corrected chi connectivity index (χ2v) is 4.14. The Kier molecular flexibility index (Phi) is 3.50. The van der Waals surface area contributed by atoms with Crippen LogP contribution in [0, 0.1) is 5.82 Å². The van der Waals surface area contributed by atoms with Crippen molar-refractivity contribution < 1.29 is 14.3 Å². The first-order valence-corrected chi connectivity index (χ1v) is 5.83. The summed E-state index contributed by atoms with van der Waals surface area (Å²) in [6, 6.07) is 3.62. The van der Waals surface area contributed by atoms with E-state index in [0.29, 0.717) is 12.1 Å². The summed E-state index contributed by atoms with van der Waals surface area (Å²) in [7, 11) is 1.78. The van der Waals surface area contributed by atoms with Gasteiger partial charge in [-0.1, -0.05) is 6.92 Å². The van der Waals surface area contributed by atoms with Gasteiger partial charge >= 0.3 is 5.97 Å². The average molecular weight is 263 g/mol. The van der Waals surface area contributed by atoms with E-state index in [1.165, 1.54) is 12.1 Å². The van der Waals surface area contributed by atoms with Gasteiger partial charge in [-0.2, -0.15) is 5.10 Å². The van der Waals surface area contributed by atoms with Crippen molar-refractivity contribution >= 4 is 17.3 Å². The molecule has 0 radical (unpaired) electrons. The van der Waals surface area contributed by atoms with Gasteiger partial charge in [-0.05, 0) is 24.6 Å². The highest BCUT2D eigenvalue weighted by molar-refractivity contribution is 5.95. The van der Waals surface area contributed by atoms with Gasteiger partial charge in [0.2, 0.25) is 0 Å². The molecule has 2 rings (SSSR count). The molecule has 0 aliphatic rings. The fourth-order valence-corrected chi connectivity index (χ4v) is 1.85. The van der Waals surface area contributed by atoms with Crippen LogP contribution < -0.4 is 5.32 Å². The van der Waals surface area contributed by atoms with Crippen molar-refractivity contribution in [2.24, 2.45) is 7.05 Å². The summed E-state index contributed by atoms with van der Waals surface area (Å²) >= 11 is 0. The molecule has 0 bridgehead atoms. The summed E-state index contributed by atoms with van der Waals surface area (Å²) in [4.78, 5) is 11.1. The summed E-state index contributed by atoms with van der Waals surface area (Å²) in [5.74, 6) is -1.76. The van der Waals surface area contributed by atoms with Crippen molar-refractivity contribution in [1.29, 1.82) is 0 Å². The Hall–Kier alpha value is -2.37. The normalized spacial score (nSPS) is 10.5. The van der Waals surface area contributed by atoms with E-state index in [-0.39, 0.29) is 5.56 Å². The molecular weight excluding hydrogens is 249 g/mol. The number of aromatic carboxylic acids is 1. The predicted octanol–water partition coefficient (Wildman–Crippen LogP) is 2.56. The number of benzene rings is 1. The number of aryl methyl sites for hydroxylation is 2. The fraction of sp³-hybridized carbons (Fsp3) is 0.231. The van der Waals surface area contributed by atoms with Gasteiger partial charge in [0.05, 0.1) is 22.6 Å². The number of hydrogen-bond acceptors (Lipinski definition) is 3. The minimum Gasteiger partial charge on any atom is -0.478 e. The number of carboxylic acids is 1. The van der Waals surface area contributed by atoms with E-state index in [0.717, 1.165) is 17.4 Å². The van der Waals surface area contributed by atoms with Crippen LogP contribution in [0.4, 0.5) is 15.8 Å². The highest BCUT2D eigenvalue weighted by atomic mass is 19.1. The molecule has 0 aliphatic heterocycles. The van der Waals surface area contributed by atoms with Gasteiger partial charge in [0.25, 0.3) is 0 Å². The average Bonchev–Trinajstić information content (AvgIpc) is 2.71. The Bertz CT molecular complexity index is 622. The number of nitrogens with zero attached hydrogens (tertiary/aromatic N) is 2. The zero-order valence-corrected chi connectivity index (χ0v) is 10.6. The van der Waals surface area contributed by atoms with Crippen LogP contribution in [0.25, 0.3) is 0 Å². The highest BCUT2D eigenvalue weighted by Gasteiger charge is 2.13. The zero-order chi connectivity index (χ0) is 14.0. The van der Waals surface area contributed by atoms with Crippen molar-refractivity contribution in [2.45, 2.75) is 13.3 Å². The van der Waals surface area contributed by atoms with Crippen LogP contribution in [0.15, 0.2) is 24.4 Å². The van der Waals surface area contributed by atoms with Gasteiger partial charge in [-0.25, -0.2) is 9.18 Å². The lowest BCUT2D eigenvalue weighted by Gasteiger charge is -2.09. The number of hydrogen-bond donors (Lipinski definition) is 2. The van der Waals surface area contributed by atoms with Crippen molar-refractivity contribution in [1.82, 2.24) is 9.78 Å². The molecule has 100 valence electrons. The van der Waals surface area contributed by atoms with Gasteiger partial charge < -0.3 is 10.4 Å². The molecule has 1 aromatic carbocycles. The first-order valence-electron chi connectivity index (χ1n) is 5.83. The molecule has 0 spiro atoms.